The molecular weight excluding hydrogens is 166 g/mol. The maximum atomic E-state index is 11.2. The van der Waals surface area contributed by atoms with Crippen LogP contribution in [0.3, 0.4) is 0 Å². The molecule has 1 saturated carbocycles. The van der Waals surface area contributed by atoms with Gasteiger partial charge in [0.25, 0.3) is 5.56 Å². The second-order valence-corrected chi connectivity index (χ2v) is 3.62. The number of H-pyrrole nitrogens is 1. The number of hydrogen-bond acceptors (Lipinski definition) is 3. The third-order valence-electron chi connectivity index (χ3n) is 2.21. The van der Waals surface area contributed by atoms with Crippen molar-refractivity contribution in [3.63, 3.8) is 0 Å². The van der Waals surface area contributed by atoms with Crippen molar-refractivity contribution in [3.05, 3.63) is 27.9 Å². The zero-order valence-electron chi connectivity index (χ0n) is 7.58. The van der Waals surface area contributed by atoms with Crippen molar-refractivity contribution in [3.8, 4) is 0 Å². The molecule has 1 atom stereocenters. The summed E-state index contributed by atoms with van der Waals surface area (Å²) in [7, 11) is 0. The molecule has 4 nitrogen and oxygen atoms in total. The summed E-state index contributed by atoms with van der Waals surface area (Å²) < 4.78 is 0. The second-order valence-electron chi connectivity index (χ2n) is 3.62. The number of nitrogens with one attached hydrogen (secondary N) is 1. The maximum Gasteiger partial charge on any atom is 0.251 e. The van der Waals surface area contributed by atoms with E-state index in [4.69, 9.17) is 5.73 Å². The summed E-state index contributed by atoms with van der Waals surface area (Å²) in [5.41, 5.74) is 6.25. The highest BCUT2D eigenvalue weighted by atomic mass is 16.1. The lowest BCUT2D eigenvalue weighted by Crippen LogP contribution is -2.16. The first-order valence-electron chi connectivity index (χ1n) is 4.53. The van der Waals surface area contributed by atoms with Crippen LogP contribution in [-0.2, 0) is 0 Å². The van der Waals surface area contributed by atoms with E-state index in [2.05, 4.69) is 9.97 Å². The Labute approximate surface area is 76.2 Å². The first-order valence-corrected chi connectivity index (χ1v) is 4.53. The smallest absolute Gasteiger partial charge is 0.251 e. The SMILES string of the molecule is C[C@H](N)c1cc(=O)[nH]c(C2CC2)n1. The molecule has 0 unspecified atom stereocenters. The van der Waals surface area contributed by atoms with Gasteiger partial charge < -0.3 is 10.7 Å². The molecule has 1 fully saturated rings. The molecule has 0 aliphatic heterocycles. The Morgan fingerprint density at radius 3 is 2.92 bits per heavy atom. The van der Waals surface area contributed by atoms with E-state index in [1.165, 1.54) is 6.07 Å². The minimum Gasteiger partial charge on any atom is -0.323 e. The predicted octanol–water partition coefficient (Wildman–Crippen LogP) is 0.667. The van der Waals surface area contributed by atoms with Crippen LogP contribution in [0, 0.1) is 0 Å². The summed E-state index contributed by atoms with van der Waals surface area (Å²) in [6.45, 7) is 1.83. The van der Waals surface area contributed by atoms with Gasteiger partial charge in [0, 0.05) is 18.0 Å². The Bertz CT molecular complexity index is 342. The van der Waals surface area contributed by atoms with Crippen molar-refractivity contribution >= 4 is 0 Å². The summed E-state index contributed by atoms with van der Waals surface area (Å²) in [5, 5.41) is 0. The number of nitrogens with zero attached hydrogens (tertiary/aromatic N) is 1. The first kappa shape index (κ1) is 8.44. The third-order valence-corrected chi connectivity index (χ3v) is 2.21. The molecule has 0 amide bonds. The van der Waals surface area contributed by atoms with E-state index in [0.717, 1.165) is 18.7 Å². The molecule has 0 bridgehead atoms. The average Bonchev–Trinajstić information content (AvgIpc) is 2.85. The van der Waals surface area contributed by atoms with Crippen LogP contribution in [0.1, 0.15) is 43.2 Å². The van der Waals surface area contributed by atoms with E-state index in [1.807, 2.05) is 6.92 Å². The fraction of sp³-hybridized carbons (Fsp3) is 0.556. The van der Waals surface area contributed by atoms with E-state index in [9.17, 15) is 4.79 Å². The van der Waals surface area contributed by atoms with E-state index < -0.39 is 0 Å². The van der Waals surface area contributed by atoms with Gasteiger partial charge in [-0.05, 0) is 19.8 Å². The van der Waals surface area contributed by atoms with E-state index in [1.54, 1.807) is 0 Å². The molecule has 4 heteroatoms. The van der Waals surface area contributed by atoms with Crippen LogP contribution in [0.2, 0.25) is 0 Å². The Morgan fingerprint density at radius 1 is 1.69 bits per heavy atom. The molecule has 13 heavy (non-hydrogen) atoms. The van der Waals surface area contributed by atoms with Gasteiger partial charge in [0.05, 0.1) is 5.69 Å². The Morgan fingerprint density at radius 2 is 2.38 bits per heavy atom. The molecule has 1 heterocycles. The normalized spacial score (nSPS) is 18.6. The van der Waals surface area contributed by atoms with E-state index in [-0.39, 0.29) is 11.6 Å². The summed E-state index contributed by atoms with van der Waals surface area (Å²) in [5.74, 6) is 1.27. The van der Waals surface area contributed by atoms with Crippen LogP contribution in [-0.4, -0.2) is 9.97 Å². The van der Waals surface area contributed by atoms with Gasteiger partial charge in [-0.15, -0.1) is 0 Å². The van der Waals surface area contributed by atoms with E-state index in [0.29, 0.717) is 11.6 Å². The Kier molecular flexibility index (Phi) is 1.92. The van der Waals surface area contributed by atoms with Gasteiger partial charge in [-0.25, -0.2) is 4.98 Å². The van der Waals surface area contributed by atoms with Crippen molar-refractivity contribution < 1.29 is 0 Å². The molecule has 0 spiro atoms. The highest BCUT2D eigenvalue weighted by Crippen LogP contribution is 2.37. The molecular formula is C9H13N3O. The number of nitrogens with two attached hydrogens (primary N) is 1. The van der Waals surface area contributed by atoms with E-state index >= 15 is 0 Å². The van der Waals surface area contributed by atoms with Crippen molar-refractivity contribution in [2.24, 2.45) is 5.73 Å². The molecule has 2 rings (SSSR count). The summed E-state index contributed by atoms with van der Waals surface area (Å²) in [6.07, 6.45) is 2.26. The second kappa shape index (κ2) is 2.96. The van der Waals surface area contributed by atoms with Gasteiger partial charge in [-0.2, -0.15) is 0 Å². The predicted molar refractivity (Wildman–Crippen MR) is 49.4 cm³/mol. The topological polar surface area (TPSA) is 71.8 Å². The first-order chi connectivity index (χ1) is 6.16. The lowest BCUT2D eigenvalue weighted by atomic mass is 10.2. The quantitative estimate of drug-likeness (QED) is 0.700. The van der Waals surface area contributed by atoms with Crippen LogP contribution in [0.15, 0.2) is 10.9 Å². The fourth-order valence-electron chi connectivity index (χ4n) is 1.28. The van der Waals surface area contributed by atoms with Crippen LogP contribution < -0.4 is 11.3 Å². The van der Waals surface area contributed by atoms with Crippen molar-refractivity contribution in [2.45, 2.75) is 31.7 Å². The molecule has 0 aromatic carbocycles. The standard InChI is InChI=1S/C9H13N3O/c1-5(10)7-4-8(13)12-9(11-7)6-2-3-6/h4-6H,2-3,10H2,1H3,(H,11,12,13)/t5-/m0/s1. The largest absolute Gasteiger partial charge is 0.323 e. The highest BCUT2D eigenvalue weighted by Gasteiger charge is 2.26. The number of aromatic amines is 1. The Balaban J connectivity index is 2.41. The number of rotatable bonds is 2. The molecule has 70 valence electrons. The lowest BCUT2D eigenvalue weighted by molar-refractivity contribution is 0.747. The minimum absolute atomic E-state index is 0.0933. The minimum atomic E-state index is -0.167. The fourth-order valence-corrected chi connectivity index (χ4v) is 1.28. The van der Waals surface area contributed by atoms with Crippen molar-refractivity contribution in [1.29, 1.82) is 0 Å². The van der Waals surface area contributed by atoms with Gasteiger partial charge in [0.15, 0.2) is 0 Å². The van der Waals surface area contributed by atoms with Crippen molar-refractivity contribution in [1.82, 2.24) is 9.97 Å². The lowest BCUT2D eigenvalue weighted by Gasteiger charge is -2.05. The highest BCUT2D eigenvalue weighted by molar-refractivity contribution is 5.12. The van der Waals surface area contributed by atoms with Gasteiger partial charge in [0.1, 0.15) is 5.82 Å². The monoisotopic (exact) mass is 179 g/mol. The molecule has 1 aromatic rings. The van der Waals surface area contributed by atoms with Gasteiger partial charge in [-0.1, -0.05) is 0 Å². The number of hydrogen-bond donors (Lipinski definition) is 2. The Hall–Kier alpha value is -1.16. The zero-order chi connectivity index (χ0) is 9.42. The summed E-state index contributed by atoms with van der Waals surface area (Å²) in [6, 6.07) is 1.30. The van der Waals surface area contributed by atoms with Gasteiger partial charge >= 0.3 is 0 Å². The van der Waals surface area contributed by atoms with Gasteiger partial charge in [0.2, 0.25) is 0 Å². The van der Waals surface area contributed by atoms with Gasteiger partial charge in [-0.3, -0.25) is 4.79 Å². The van der Waals surface area contributed by atoms with Crippen molar-refractivity contribution in [2.75, 3.05) is 0 Å². The summed E-state index contributed by atoms with van der Waals surface area (Å²) >= 11 is 0. The molecule has 1 aliphatic rings. The summed E-state index contributed by atoms with van der Waals surface area (Å²) in [4.78, 5) is 18.3. The van der Waals surface area contributed by atoms with Crippen LogP contribution in [0.4, 0.5) is 0 Å². The molecule has 1 aliphatic carbocycles. The third kappa shape index (κ3) is 1.78. The average molecular weight is 179 g/mol. The zero-order valence-corrected chi connectivity index (χ0v) is 7.58. The molecule has 0 saturated heterocycles. The van der Waals surface area contributed by atoms with Crippen LogP contribution >= 0.6 is 0 Å². The molecule has 1 aromatic heterocycles. The maximum absolute atomic E-state index is 11.2. The van der Waals surface area contributed by atoms with Crippen LogP contribution in [0.25, 0.3) is 0 Å². The molecule has 3 N–H and O–H groups in total. The van der Waals surface area contributed by atoms with Crippen LogP contribution in [0.5, 0.6) is 0 Å². The molecule has 0 radical (unpaired) electrons. The number of aromatic nitrogens is 2.